The Hall–Kier alpha value is -2.32. The van der Waals surface area contributed by atoms with Crippen LogP contribution in [0.2, 0.25) is 23.4 Å². The van der Waals surface area contributed by atoms with Gasteiger partial charge in [-0.3, -0.25) is 4.57 Å². The summed E-state index contributed by atoms with van der Waals surface area (Å²) in [6.45, 7) is 22.5. The Morgan fingerprint density at radius 3 is 2.05 bits per heavy atom. The Bertz CT molecular complexity index is 1250. The first kappa shape index (κ1) is 33.2. The molecule has 2 aromatic heterocycles. The van der Waals surface area contributed by atoms with E-state index in [2.05, 4.69) is 48.8 Å². The van der Waals surface area contributed by atoms with Crippen LogP contribution in [0.4, 0.5) is 15.4 Å². The monoisotopic (exact) mass is 613 g/mol. The molecular formula is C27H44ClN5O7Si. The summed E-state index contributed by atoms with van der Waals surface area (Å²) in [5.74, 6) is -0.359. The highest BCUT2D eigenvalue weighted by atomic mass is 35.5. The lowest BCUT2D eigenvalue weighted by atomic mass is 10.0. The zero-order chi connectivity index (χ0) is 31.3. The van der Waals surface area contributed by atoms with Crippen LogP contribution in [0.3, 0.4) is 0 Å². The molecule has 0 unspecified atom stereocenters. The van der Waals surface area contributed by atoms with Crippen molar-refractivity contribution in [3.05, 3.63) is 11.6 Å². The molecule has 0 aromatic carbocycles. The number of imidazole rings is 1. The van der Waals surface area contributed by atoms with Gasteiger partial charge < -0.3 is 23.7 Å². The number of carbonyl (C=O) groups is 2. The Balaban J connectivity index is 2.17. The molecule has 230 valence electrons. The zero-order valence-electron chi connectivity index (χ0n) is 26.1. The number of nitrogens with zero attached hydrogens (tertiary/aromatic N) is 5. The Morgan fingerprint density at radius 2 is 1.59 bits per heavy atom. The van der Waals surface area contributed by atoms with Gasteiger partial charge in [-0.05, 0) is 71.3 Å². The fraction of sp³-hybridized carbons (Fsp3) is 0.741. The number of hydrogen-bond donors (Lipinski definition) is 1. The van der Waals surface area contributed by atoms with E-state index in [1.54, 1.807) is 46.1 Å². The van der Waals surface area contributed by atoms with Crippen LogP contribution in [0.25, 0.3) is 11.2 Å². The molecule has 2 amide bonds. The Kier molecular flexibility index (Phi) is 9.23. The predicted octanol–water partition coefficient (Wildman–Crippen LogP) is 6.07. The van der Waals surface area contributed by atoms with Crippen LogP contribution in [0.5, 0.6) is 0 Å². The van der Waals surface area contributed by atoms with E-state index in [4.69, 9.17) is 30.2 Å². The Labute approximate surface area is 247 Å². The first-order chi connectivity index (χ1) is 18.6. The zero-order valence-corrected chi connectivity index (χ0v) is 27.9. The molecule has 2 aromatic rings. The van der Waals surface area contributed by atoms with E-state index in [-0.39, 0.29) is 39.8 Å². The van der Waals surface area contributed by atoms with Crippen LogP contribution in [-0.2, 0) is 18.6 Å². The highest BCUT2D eigenvalue weighted by molar-refractivity contribution is 6.74. The lowest BCUT2D eigenvalue weighted by molar-refractivity contribution is -0.0467. The molecule has 1 fully saturated rings. The number of amides is 2. The molecule has 3 heterocycles. The number of anilines is 1. The van der Waals surface area contributed by atoms with Crippen LogP contribution >= 0.6 is 11.6 Å². The highest BCUT2D eigenvalue weighted by Gasteiger charge is 2.49. The summed E-state index contributed by atoms with van der Waals surface area (Å²) in [6.07, 6.45) is -2.22. The maximum atomic E-state index is 13.3. The van der Waals surface area contributed by atoms with E-state index in [9.17, 15) is 14.7 Å². The van der Waals surface area contributed by atoms with Gasteiger partial charge >= 0.3 is 12.2 Å². The number of aliphatic hydroxyl groups is 1. The molecule has 41 heavy (non-hydrogen) atoms. The maximum absolute atomic E-state index is 13.3. The van der Waals surface area contributed by atoms with Gasteiger partial charge in [0, 0.05) is 5.92 Å². The predicted molar refractivity (Wildman–Crippen MR) is 158 cm³/mol. The number of halogens is 1. The van der Waals surface area contributed by atoms with Gasteiger partial charge in [-0.25, -0.2) is 14.6 Å². The second kappa shape index (κ2) is 11.4. The molecular weight excluding hydrogens is 570 g/mol. The first-order valence-electron chi connectivity index (χ1n) is 13.7. The number of aromatic nitrogens is 4. The van der Waals surface area contributed by atoms with Crippen molar-refractivity contribution < 1.29 is 33.3 Å². The molecule has 1 aliphatic heterocycles. The average molecular weight is 614 g/mol. The van der Waals surface area contributed by atoms with Gasteiger partial charge in [0.15, 0.2) is 31.5 Å². The minimum absolute atomic E-state index is 0.0778. The summed E-state index contributed by atoms with van der Waals surface area (Å²) < 4.78 is 25.8. The molecule has 3 rings (SSSR count). The summed E-state index contributed by atoms with van der Waals surface area (Å²) in [4.78, 5) is 40.4. The number of aliphatic hydroxyl groups excluding tert-OH is 1. The van der Waals surface area contributed by atoms with Crippen molar-refractivity contribution in [2.75, 3.05) is 11.5 Å². The van der Waals surface area contributed by atoms with Gasteiger partial charge in [0.05, 0.1) is 25.1 Å². The average Bonchev–Trinajstić information content (AvgIpc) is 3.31. The standard InChI is InChI=1S/C27H44ClN5O7Si/c1-15-16(13-34)37-21(18(15)40-41(11,12)27(8,9)10)32-14-29-17-19(32)30-22(28)31-20(17)33(23(35)38-25(2,3)4)24(36)39-26(5,6)7/h14-16,18,21,34H,13H2,1-12H3/t15-,16-,18-,21-/m1/s1. The second-order valence-electron chi connectivity index (χ2n) is 13.9. The lowest BCUT2D eigenvalue weighted by Crippen LogP contribution is -2.46. The van der Waals surface area contributed by atoms with Crippen molar-refractivity contribution in [1.82, 2.24) is 19.5 Å². The van der Waals surface area contributed by atoms with Gasteiger partial charge in [0.25, 0.3) is 0 Å². The third-order valence-corrected chi connectivity index (χ3v) is 11.8. The molecule has 0 bridgehead atoms. The minimum atomic E-state index is -2.28. The van der Waals surface area contributed by atoms with Gasteiger partial charge in [-0.1, -0.05) is 27.7 Å². The van der Waals surface area contributed by atoms with Crippen LogP contribution < -0.4 is 4.90 Å². The smallest absolute Gasteiger partial charge is 0.425 e. The number of fused-ring (bicyclic) bond motifs is 1. The van der Waals surface area contributed by atoms with Crippen LogP contribution in [0.1, 0.15) is 75.5 Å². The van der Waals surface area contributed by atoms with E-state index in [0.717, 1.165) is 0 Å². The van der Waals surface area contributed by atoms with Crippen molar-refractivity contribution >= 4 is 49.1 Å². The van der Waals surface area contributed by atoms with Gasteiger partial charge in [-0.15, -0.1) is 0 Å². The van der Waals surface area contributed by atoms with Crippen molar-refractivity contribution in [2.45, 2.75) is 117 Å². The van der Waals surface area contributed by atoms with E-state index in [1.807, 2.05) is 6.92 Å². The van der Waals surface area contributed by atoms with E-state index < -0.39 is 50.1 Å². The molecule has 12 nitrogen and oxygen atoms in total. The van der Waals surface area contributed by atoms with Gasteiger partial charge in [0.2, 0.25) is 5.28 Å². The first-order valence-corrected chi connectivity index (χ1v) is 17.0. The second-order valence-corrected chi connectivity index (χ2v) is 19.0. The highest BCUT2D eigenvalue weighted by Crippen LogP contribution is 2.44. The van der Waals surface area contributed by atoms with Crippen LogP contribution in [0, 0.1) is 5.92 Å². The summed E-state index contributed by atoms with van der Waals surface area (Å²) in [5.41, 5.74) is -1.54. The van der Waals surface area contributed by atoms with E-state index in [1.165, 1.54) is 6.33 Å². The maximum Gasteiger partial charge on any atom is 0.425 e. The number of hydrogen-bond acceptors (Lipinski definition) is 10. The number of carbonyl (C=O) groups excluding carboxylic acids is 2. The largest absolute Gasteiger partial charge is 0.443 e. The molecule has 0 spiro atoms. The molecule has 1 saturated heterocycles. The van der Waals surface area contributed by atoms with Gasteiger partial charge in [0.1, 0.15) is 11.2 Å². The van der Waals surface area contributed by atoms with Crippen molar-refractivity contribution in [3.63, 3.8) is 0 Å². The van der Waals surface area contributed by atoms with Crippen molar-refractivity contribution in [2.24, 2.45) is 5.92 Å². The van der Waals surface area contributed by atoms with Crippen molar-refractivity contribution in [1.29, 1.82) is 0 Å². The number of rotatable bonds is 5. The normalized spacial score (nSPS) is 22.2. The lowest BCUT2D eigenvalue weighted by Gasteiger charge is -2.40. The molecule has 0 radical (unpaired) electrons. The van der Waals surface area contributed by atoms with E-state index >= 15 is 0 Å². The number of ether oxygens (including phenoxy) is 3. The molecule has 0 saturated carbocycles. The molecule has 4 atom stereocenters. The summed E-state index contributed by atoms with van der Waals surface area (Å²) in [7, 11) is -2.28. The minimum Gasteiger partial charge on any atom is -0.443 e. The molecule has 1 aliphatic rings. The quantitative estimate of drug-likeness (QED) is 0.312. The summed E-state index contributed by atoms with van der Waals surface area (Å²) in [6, 6.07) is 0. The molecule has 14 heteroatoms. The SMILES string of the molecule is C[C@H]1[C@@H](O[Si](C)(C)C(C)(C)C)[C@H](n2cnc3c(N(C(=O)OC(C)(C)C)C(=O)OC(C)(C)C)nc(Cl)nc32)O[C@@H]1CO. The molecule has 1 N–H and O–H groups in total. The van der Waals surface area contributed by atoms with Crippen LogP contribution in [-0.4, -0.2) is 75.1 Å². The Morgan fingerprint density at radius 1 is 1.05 bits per heavy atom. The summed E-state index contributed by atoms with van der Waals surface area (Å²) in [5, 5.41) is 9.74. The fourth-order valence-corrected chi connectivity index (χ4v) is 5.57. The topological polar surface area (TPSA) is 138 Å². The molecule has 0 aliphatic carbocycles. The third-order valence-electron chi connectivity index (χ3n) is 7.13. The fourth-order valence-electron chi connectivity index (χ4n) is 4.05. The third kappa shape index (κ3) is 7.37. The van der Waals surface area contributed by atoms with Gasteiger partial charge in [-0.2, -0.15) is 14.9 Å². The summed E-state index contributed by atoms with van der Waals surface area (Å²) >= 11 is 6.37. The van der Waals surface area contributed by atoms with Crippen molar-refractivity contribution in [3.8, 4) is 0 Å². The van der Waals surface area contributed by atoms with E-state index in [0.29, 0.717) is 4.90 Å². The number of imide groups is 1. The van der Waals surface area contributed by atoms with Crippen LogP contribution in [0.15, 0.2) is 6.33 Å².